The number of likely N-dealkylation sites (N-methyl/N-ethyl adjacent to an activating group) is 1. The molecular weight excluding hydrogens is 246 g/mol. The summed E-state index contributed by atoms with van der Waals surface area (Å²) in [4.78, 5) is 28.3. The summed E-state index contributed by atoms with van der Waals surface area (Å²) < 4.78 is 0. The molecule has 1 atom stereocenters. The van der Waals surface area contributed by atoms with Crippen molar-refractivity contribution in [2.75, 3.05) is 18.4 Å². The number of carbonyl (C=O) groups is 2. The monoisotopic (exact) mass is 265 g/mol. The van der Waals surface area contributed by atoms with Crippen molar-refractivity contribution in [3.63, 3.8) is 0 Å². The van der Waals surface area contributed by atoms with Crippen LogP contribution >= 0.6 is 0 Å². The van der Waals surface area contributed by atoms with Gasteiger partial charge in [0.05, 0.1) is 0 Å². The number of nitrogens with one attached hydrogen (secondary N) is 1. The average molecular weight is 265 g/mol. The number of nitrogens with zero attached hydrogens (tertiary/aromatic N) is 2. The first-order valence-corrected chi connectivity index (χ1v) is 6.24. The van der Waals surface area contributed by atoms with Crippen LogP contribution in [0.1, 0.15) is 31.3 Å². The minimum absolute atomic E-state index is 0.0151. The van der Waals surface area contributed by atoms with Crippen molar-refractivity contribution in [3.05, 3.63) is 24.0 Å². The van der Waals surface area contributed by atoms with Gasteiger partial charge in [0.25, 0.3) is 0 Å². The Morgan fingerprint density at radius 2 is 2.05 bits per heavy atom. The van der Waals surface area contributed by atoms with E-state index < -0.39 is 12.0 Å². The predicted octanol–water partition coefficient (Wildman–Crippen LogP) is 1.45. The van der Waals surface area contributed by atoms with Crippen LogP contribution in [0.25, 0.3) is 0 Å². The molecule has 1 unspecified atom stereocenters. The lowest BCUT2D eigenvalue weighted by Crippen LogP contribution is -2.41. The fraction of sp³-hybridized carbons (Fsp3) is 0.462. The molecule has 0 bridgehead atoms. The number of anilines is 1. The Morgan fingerprint density at radius 1 is 1.42 bits per heavy atom. The summed E-state index contributed by atoms with van der Waals surface area (Å²) >= 11 is 0. The highest BCUT2D eigenvalue weighted by atomic mass is 16.4. The Labute approximate surface area is 112 Å². The van der Waals surface area contributed by atoms with Gasteiger partial charge in [-0.15, -0.1) is 0 Å². The van der Waals surface area contributed by atoms with E-state index in [2.05, 4.69) is 10.3 Å². The first kappa shape index (κ1) is 14.9. The molecule has 104 valence electrons. The average Bonchev–Trinajstić information content (AvgIpc) is 2.40. The fourth-order valence-corrected chi connectivity index (χ4v) is 1.76. The van der Waals surface area contributed by atoms with E-state index in [4.69, 9.17) is 5.11 Å². The molecule has 1 aromatic rings. The molecule has 6 nitrogen and oxygen atoms in total. The minimum Gasteiger partial charge on any atom is -0.477 e. The van der Waals surface area contributed by atoms with E-state index in [0.29, 0.717) is 18.8 Å². The number of rotatable bonds is 6. The van der Waals surface area contributed by atoms with Gasteiger partial charge in [0, 0.05) is 25.0 Å². The lowest BCUT2D eigenvalue weighted by Gasteiger charge is -2.24. The maximum absolute atomic E-state index is 12.1. The Morgan fingerprint density at radius 3 is 2.58 bits per heavy atom. The van der Waals surface area contributed by atoms with Gasteiger partial charge in [-0.3, -0.25) is 4.79 Å². The molecule has 1 heterocycles. The molecule has 0 saturated heterocycles. The minimum atomic E-state index is -1.09. The molecule has 1 aromatic heterocycles. The van der Waals surface area contributed by atoms with Crippen LogP contribution < -0.4 is 5.32 Å². The standard InChI is InChI=1S/C13H19N3O3/c1-4-16(5-2)12(17)9(3)15-10-6-7-14-11(8-10)13(18)19/h6-9H,4-5H2,1-3H3,(H,14,15)(H,18,19). The van der Waals surface area contributed by atoms with E-state index in [-0.39, 0.29) is 11.6 Å². The van der Waals surface area contributed by atoms with Gasteiger partial charge in [0.2, 0.25) is 5.91 Å². The molecule has 0 aliphatic rings. The van der Waals surface area contributed by atoms with Crippen molar-refractivity contribution in [1.29, 1.82) is 0 Å². The third-order valence-corrected chi connectivity index (χ3v) is 2.81. The fourth-order valence-electron chi connectivity index (χ4n) is 1.76. The summed E-state index contributed by atoms with van der Waals surface area (Å²) in [7, 11) is 0. The lowest BCUT2D eigenvalue weighted by molar-refractivity contribution is -0.131. The van der Waals surface area contributed by atoms with Gasteiger partial charge < -0.3 is 15.3 Å². The zero-order valence-corrected chi connectivity index (χ0v) is 11.4. The number of hydrogen-bond acceptors (Lipinski definition) is 4. The van der Waals surface area contributed by atoms with E-state index >= 15 is 0 Å². The van der Waals surface area contributed by atoms with Crippen LogP contribution in [-0.4, -0.2) is 46.0 Å². The predicted molar refractivity (Wildman–Crippen MR) is 72.2 cm³/mol. The second kappa shape index (κ2) is 6.72. The molecule has 0 fully saturated rings. The Bertz CT molecular complexity index is 458. The van der Waals surface area contributed by atoms with Crippen LogP contribution in [-0.2, 0) is 4.79 Å². The first-order valence-electron chi connectivity index (χ1n) is 6.24. The van der Waals surface area contributed by atoms with Gasteiger partial charge in [-0.25, -0.2) is 9.78 Å². The smallest absolute Gasteiger partial charge is 0.354 e. The third kappa shape index (κ3) is 3.94. The summed E-state index contributed by atoms with van der Waals surface area (Å²) in [6, 6.07) is 2.64. The quantitative estimate of drug-likeness (QED) is 0.813. The van der Waals surface area contributed by atoms with Gasteiger partial charge in [0.15, 0.2) is 0 Å². The Balaban J connectivity index is 2.76. The summed E-state index contributed by atoms with van der Waals surface area (Å²) in [5.41, 5.74) is 0.521. The first-order chi connectivity index (χ1) is 8.99. The van der Waals surface area contributed by atoms with E-state index in [1.54, 1.807) is 17.9 Å². The van der Waals surface area contributed by atoms with Crippen molar-refractivity contribution in [2.45, 2.75) is 26.8 Å². The van der Waals surface area contributed by atoms with Gasteiger partial charge in [-0.1, -0.05) is 0 Å². The normalized spacial score (nSPS) is 11.7. The molecule has 0 aliphatic heterocycles. The van der Waals surface area contributed by atoms with Crippen molar-refractivity contribution >= 4 is 17.6 Å². The molecule has 1 amide bonds. The van der Waals surface area contributed by atoms with Crippen molar-refractivity contribution in [2.24, 2.45) is 0 Å². The molecule has 19 heavy (non-hydrogen) atoms. The molecular formula is C13H19N3O3. The van der Waals surface area contributed by atoms with E-state index in [1.807, 2.05) is 13.8 Å². The van der Waals surface area contributed by atoms with E-state index in [9.17, 15) is 9.59 Å². The van der Waals surface area contributed by atoms with Crippen LogP contribution in [0.2, 0.25) is 0 Å². The molecule has 0 aliphatic carbocycles. The highest BCUT2D eigenvalue weighted by molar-refractivity contribution is 5.87. The topological polar surface area (TPSA) is 82.5 Å². The van der Waals surface area contributed by atoms with Crippen molar-refractivity contribution < 1.29 is 14.7 Å². The number of hydrogen-bond donors (Lipinski definition) is 2. The van der Waals surface area contributed by atoms with Gasteiger partial charge in [-0.2, -0.15) is 0 Å². The number of pyridine rings is 1. The molecule has 2 N–H and O–H groups in total. The number of carboxylic acid groups (broad SMARTS) is 1. The van der Waals surface area contributed by atoms with Crippen LogP contribution in [0.3, 0.4) is 0 Å². The van der Waals surface area contributed by atoms with Crippen LogP contribution in [0, 0.1) is 0 Å². The second-order valence-electron chi connectivity index (χ2n) is 4.11. The third-order valence-electron chi connectivity index (χ3n) is 2.81. The molecule has 0 aromatic carbocycles. The number of aromatic nitrogens is 1. The van der Waals surface area contributed by atoms with Crippen molar-refractivity contribution in [1.82, 2.24) is 9.88 Å². The molecule has 0 spiro atoms. The van der Waals surface area contributed by atoms with E-state index in [0.717, 1.165) is 0 Å². The number of aromatic carboxylic acids is 1. The maximum Gasteiger partial charge on any atom is 0.354 e. The van der Waals surface area contributed by atoms with E-state index in [1.165, 1.54) is 12.3 Å². The number of carbonyl (C=O) groups excluding carboxylic acids is 1. The highest BCUT2D eigenvalue weighted by Crippen LogP contribution is 2.10. The highest BCUT2D eigenvalue weighted by Gasteiger charge is 2.18. The zero-order chi connectivity index (χ0) is 14.4. The van der Waals surface area contributed by atoms with Crippen molar-refractivity contribution in [3.8, 4) is 0 Å². The number of carboxylic acids is 1. The summed E-state index contributed by atoms with van der Waals surface area (Å²) in [5.74, 6) is -1.11. The van der Waals surface area contributed by atoms with Gasteiger partial charge in [0.1, 0.15) is 11.7 Å². The van der Waals surface area contributed by atoms with Gasteiger partial charge >= 0.3 is 5.97 Å². The SMILES string of the molecule is CCN(CC)C(=O)C(C)Nc1ccnc(C(=O)O)c1. The molecule has 6 heteroatoms. The Hall–Kier alpha value is -2.11. The summed E-state index contributed by atoms with van der Waals surface area (Å²) in [5, 5.41) is 11.8. The zero-order valence-electron chi connectivity index (χ0n) is 11.4. The second-order valence-corrected chi connectivity index (χ2v) is 4.11. The van der Waals surface area contributed by atoms with Gasteiger partial charge in [-0.05, 0) is 32.9 Å². The molecule has 0 radical (unpaired) electrons. The summed E-state index contributed by atoms with van der Waals surface area (Å²) in [6.07, 6.45) is 1.40. The number of amides is 1. The Kier molecular flexibility index (Phi) is 5.29. The van der Waals surface area contributed by atoms with Crippen LogP contribution in [0.4, 0.5) is 5.69 Å². The largest absolute Gasteiger partial charge is 0.477 e. The van der Waals surface area contributed by atoms with Crippen LogP contribution in [0.5, 0.6) is 0 Å². The maximum atomic E-state index is 12.1. The van der Waals surface area contributed by atoms with Crippen LogP contribution in [0.15, 0.2) is 18.3 Å². The molecule has 0 saturated carbocycles. The lowest BCUT2D eigenvalue weighted by atomic mass is 10.2. The molecule has 1 rings (SSSR count). The summed E-state index contributed by atoms with van der Waals surface area (Å²) in [6.45, 7) is 6.89.